The highest BCUT2D eigenvalue weighted by Crippen LogP contribution is 2.19. The van der Waals surface area contributed by atoms with Crippen molar-refractivity contribution in [3.8, 4) is 0 Å². The lowest BCUT2D eigenvalue weighted by Gasteiger charge is -2.35. The van der Waals surface area contributed by atoms with E-state index in [1.54, 1.807) is 0 Å². The molecular formula is C13H22N2S. The van der Waals surface area contributed by atoms with Crippen LogP contribution in [0.1, 0.15) is 24.3 Å². The predicted molar refractivity (Wildman–Crippen MR) is 71.0 cm³/mol. The maximum absolute atomic E-state index is 3.60. The predicted octanol–water partition coefficient (Wildman–Crippen LogP) is 2.49. The summed E-state index contributed by atoms with van der Waals surface area (Å²) in [6.45, 7) is 11.5. The third-order valence-corrected chi connectivity index (χ3v) is 4.44. The van der Waals surface area contributed by atoms with Crippen molar-refractivity contribution in [3.63, 3.8) is 0 Å². The van der Waals surface area contributed by atoms with Gasteiger partial charge in [-0.1, -0.05) is 13.8 Å². The van der Waals surface area contributed by atoms with Gasteiger partial charge in [-0.05, 0) is 29.9 Å². The zero-order chi connectivity index (χ0) is 11.5. The SMILES string of the molecule is Cc1ccsc1CN1CCNC(C(C)C)C1. The molecule has 2 nitrogen and oxygen atoms in total. The summed E-state index contributed by atoms with van der Waals surface area (Å²) in [4.78, 5) is 4.12. The maximum atomic E-state index is 3.60. The smallest absolute Gasteiger partial charge is 0.0331 e. The van der Waals surface area contributed by atoms with Gasteiger partial charge in [-0.25, -0.2) is 0 Å². The van der Waals surface area contributed by atoms with E-state index in [0.717, 1.165) is 19.0 Å². The number of nitrogens with zero attached hydrogens (tertiary/aromatic N) is 1. The molecule has 1 saturated heterocycles. The fraction of sp³-hybridized carbons (Fsp3) is 0.692. The van der Waals surface area contributed by atoms with Gasteiger partial charge in [0.15, 0.2) is 0 Å². The number of hydrogen-bond acceptors (Lipinski definition) is 3. The molecule has 1 N–H and O–H groups in total. The minimum Gasteiger partial charge on any atom is -0.311 e. The summed E-state index contributed by atoms with van der Waals surface area (Å²) in [5, 5.41) is 5.81. The Hall–Kier alpha value is -0.380. The molecule has 0 bridgehead atoms. The molecule has 1 aliphatic heterocycles. The second kappa shape index (κ2) is 5.30. The fourth-order valence-electron chi connectivity index (χ4n) is 2.20. The molecule has 0 amide bonds. The topological polar surface area (TPSA) is 15.3 Å². The minimum atomic E-state index is 0.661. The van der Waals surface area contributed by atoms with Gasteiger partial charge in [-0.2, -0.15) is 0 Å². The second-order valence-corrected chi connectivity index (χ2v) is 6.07. The Balaban J connectivity index is 1.93. The van der Waals surface area contributed by atoms with Gasteiger partial charge < -0.3 is 5.32 Å². The molecule has 1 aliphatic rings. The van der Waals surface area contributed by atoms with Crippen LogP contribution in [0.2, 0.25) is 0 Å². The van der Waals surface area contributed by atoms with Crippen molar-refractivity contribution >= 4 is 11.3 Å². The Morgan fingerprint density at radius 2 is 2.38 bits per heavy atom. The molecule has 0 saturated carbocycles. The first-order valence-corrected chi connectivity index (χ1v) is 7.03. The molecule has 0 spiro atoms. The molecule has 1 aromatic rings. The van der Waals surface area contributed by atoms with Gasteiger partial charge in [0, 0.05) is 37.1 Å². The normalized spacial score (nSPS) is 22.9. The molecule has 3 heteroatoms. The zero-order valence-corrected chi connectivity index (χ0v) is 11.3. The van der Waals surface area contributed by atoms with Crippen LogP contribution in [0.5, 0.6) is 0 Å². The fourth-order valence-corrected chi connectivity index (χ4v) is 3.15. The highest BCUT2D eigenvalue weighted by molar-refractivity contribution is 7.10. The molecule has 0 radical (unpaired) electrons. The summed E-state index contributed by atoms with van der Waals surface area (Å²) < 4.78 is 0. The largest absolute Gasteiger partial charge is 0.311 e. The highest BCUT2D eigenvalue weighted by Gasteiger charge is 2.22. The molecule has 0 aromatic carbocycles. The van der Waals surface area contributed by atoms with Crippen LogP contribution in [-0.2, 0) is 6.54 Å². The van der Waals surface area contributed by atoms with E-state index < -0.39 is 0 Å². The molecule has 2 heterocycles. The van der Waals surface area contributed by atoms with Crippen molar-refractivity contribution in [1.82, 2.24) is 10.2 Å². The first-order valence-electron chi connectivity index (χ1n) is 6.15. The summed E-state index contributed by atoms with van der Waals surface area (Å²) in [5.74, 6) is 0.729. The number of nitrogens with one attached hydrogen (secondary N) is 1. The van der Waals surface area contributed by atoms with Crippen LogP contribution < -0.4 is 5.32 Å². The molecule has 2 rings (SSSR count). The summed E-state index contributed by atoms with van der Waals surface area (Å²) in [5.41, 5.74) is 1.45. The molecule has 1 fully saturated rings. The van der Waals surface area contributed by atoms with Crippen LogP contribution in [0.15, 0.2) is 11.4 Å². The van der Waals surface area contributed by atoms with Gasteiger partial charge in [0.25, 0.3) is 0 Å². The molecule has 16 heavy (non-hydrogen) atoms. The van der Waals surface area contributed by atoms with Gasteiger partial charge in [0.1, 0.15) is 0 Å². The van der Waals surface area contributed by atoms with Crippen molar-refractivity contribution in [2.75, 3.05) is 19.6 Å². The van der Waals surface area contributed by atoms with Crippen LogP contribution in [-0.4, -0.2) is 30.6 Å². The standard InChI is InChI=1S/C13H22N2S/c1-10(2)12-8-15(6-5-14-12)9-13-11(3)4-7-16-13/h4,7,10,12,14H,5-6,8-9H2,1-3H3. The highest BCUT2D eigenvalue weighted by atomic mass is 32.1. The van der Waals surface area contributed by atoms with E-state index in [-0.39, 0.29) is 0 Å². The lowest BCUT2D eigenvalue weighted by Crippen LogP contribution is -2.52. The van der Waals surface area contributed by atoms with Gasteiger partial charge in [-0.3, -0.25) is 4.90 Å². The van der Waals surface area contributed by atoms with Crippen molar-refractivity contribution in [3.05, 3.63) is 21.9 Å². The Morgan fingerprint density at radius 3 is 3.00 bits per heavy atom. The number of aryl methyl sites for hydroxylation is 1. The van der Waals surface area contributed by atoms with E-state index in [4.69, 9.17) is 0 Å². The van der Waals surface area contributed by atoms with Crippen LogP contribution in [0.25, 0.3) is 0 Å². The average molecular weight is 238 g/mol. The minimum absolute atomic E-state index is 0.661. The quantitative estimate of drug-likeness (QED) is 0.870. The van der Waals surface area contributed by atoms with Gasteiger partial charge in [0.2, 0.25) is 0 Å². The second-order valence-electron chi connectivity index (χ2n) is 5.07. The summed E-state index contributed by atoms with van der Waals surface area (Å²) in [6, 6.07) is 2.89. The number of rotatable bonds is 3. The summed E-state index contributed by atoms with van der Waals surface area (Å²) in [7, 11) is 0. The van der Waals surface area contributed by atoms with E-state index >= 15 is 0 Å². The van der Waals surface area contributed by atoms with Crippen molar-refractivity contribution < 1.29 is 0 Å². The maximum Gasteiger partial charge on any atom is 0.0331 e. The van der Waals surface area contributed by atoms with Crippen molar-refractivity contribution in [1.29, 1.82) is 0 Å². The van der Waals surface area contributed by atoms with Crippen LogP contribution >= 0.6 is 11.3 Å². The Morgan fingerprint density at radius 1 is 1.56 bits per heavy atom. The summed E-state index contributed by atoms with van der Waals surface area (Å²) in [6.07, 6.45) is 0. The number of hydrogen-bond donors (Lipinski definition) is 1. The zero-order valence-electron chi connectivity index (χ0n) is 10.5. The van der Waals surface area contributed by atoms with Gasteiger partial charge in [-0.15, -0.1) is 11.3 Å². The monoisotopic (exact) mass is 238 g/mol. The molecule has 1 aromatic heterocycles. The van der Waals surface area contributed by atoms with E-state index in [1.807, 2.05) is 11.3 Å². The molecule has 1 atom stereocenters. The van der Waals surface area contributed by atoms with Crippen LogP contribution in [0.4, 0.5) is 0 Å². The van der Waals surface area contributed by atoms with Crippen LogP contribution in [0.3, 0.4) is 0 Å². The first-order chi connectivity index (χ1) is 7.66. The van der Waals surface area contributed by atoms with Gasteiger partial charge >= 0.3 is 0 Å². The van der Waals surface area contributed by atoms with E-state index in [2.05, 4.69) is 42.4 Å². The van der Waals surface area contributed by atoms with Crippen molar-refractivity contribution in [2.24, 2.45) is 5.92 Å². The van der Waals surface area contributed by atoms with E-state index in [1.165, 1.54) is 23.5 Å². The third-order valence-electron chi connectivity index (χ3n) is 3.43. The Bertz CT molecular complexity index is 332. The lowest BCUT2D eigenvalue weighted by atomic mass is 10.0. The lowest BCUT2D eigenvalue weighted by molar-refractivity contribution is 0.169. The van der Waals surface area contributed by atoms with Crippen LogP contribution in [0, 0.1) is 12.8 Å². The van der Waals surface area contributed by atoms with Gasteiger partial charge in [0.05, 0.1) is 0 Å². The van der Waals surface area contributed by atoms with E-state index in [9.17, 15) is 0 Å². The summed E-state index contributed by atoms with van der Waals surface area (Å²) >= 11 is 1.89. The average Bonchev–Trinajstić information content (AvgIpc) is 2.65. The Kier molecular flexibility index (Phi) is 4.00. The van der Waals surface area contributed by atoms with Crippen molar-refractivity contribution in [2.45, 2.75) is 33.4 Å². The first kappa shape index (κ1) is 12.1. The number of piperazine rings is 1. The van der Waals surface area contributed by atoms with E-state index in [0.29, 0.717) is 6.04 Å². The molecule has 0 aliphatic carbocycles. The number of thiophene rings is 1. The third kappa shape index (κ3) is 2.84. The molecular weight excluding hydrogens is 216 g/mol. The Labute approximate surface area is 103 Å². The molecule has 90 valence electrons. The molecule has 1 unspecified atom stereocenters.